The molecule has 74 valence electrons. The van der Waals surface area contributed by atoms with E-state index in [0.29, 0.717) is 12.5 Å². The first-order valence-electron chi connectivity index (χ1n) is 4.92. The average molecular weight is 182 g/mol. The maximum atomic E-state index is 11.3. The lowest BCUT2D eigenvalue weighted by atomic mass is 10.2. The summed E-state index contributed by atoms with van der Waals surface area (Å²) in [5.41, 5.74) is 0. The van der Waals surface area contributed by atoms with E-state index in [-0.39, 0.29) is 5.91 Å². The fourth-order valence-electron chi connectivity index (χ4n) is 1.46. The lowest BCUT2D eigenvalue weighted by Gasteiger charge is -2.11. The Balaban J connectivity index is 2.03. The molecule has 1 aliphatic rings. The largest absolute Gasteiger partial charge is 0.353 e. The van der Waals surface area contributed by atoms with Gasteiger partial charge in [-0.2, -0.15) is 0 Å². The fourth-order valence-corrected chi connectivity index (χ4v) is 1.46. The summed E-state index contributed by atoms with van der Waals surface area (Å²) >= 11 is 0. The van der Waals surface area contributed by atoms with Crippen molar-refractivity contribution in [3.05, 3.63) is 12.2 Å². The van der Waals surface area contributed by atoms with Crippen LogP contribution in [0.5, 0.6) is 0 Å². The molecule has 0 aromatic carbocycles. The van der Waals surface area contributed by atoms with E-state index >= 15 is 0 Å². The summed E-state index contributed by atoms with van der Waals surface area (Å²) < 4.78 is 0. The van der Waals surface area contributed by atoms with Crippen molar-refractivity contribution in [2.24, 2.45) is 0 Å². The van der Waals surface area contributed by atoms with Gasteiger partial charge in [0.1, 0.15) is 0 Å². The molecule has 0 aromatic heterocycles. The normalized spacial score (nSPS) is 16.4. The van der Waals surface area contributed by atoms with E-state index in [0.717, 1.165) is 25.8 Å². The van der Waals surface area contributed by atoms with Crippen molar-refractivity contribution in [2.45, 2.75) is 31.7 Å². The molecule has 1 aliphatic carbocycles. The summed E-state index contributed by atoms with van der Waals surface area (Å²) in [6, 6.07) is 0.363. The predicted octanol–water partition coefficient (Wildman–Crippen LogP) is 0.821. The molecule has 1 amide bonds. The molecule has 3 nitrogen and oxygen atoms in total. The minimum Gasteiger partial charge on any atom is -0.353 e. The molecule has 0 heterocycles. The molecule has 0 atom stereocenters. The van der Waals surface area contributed by atoms with Gasteiger partial charge in [0, 0.05) is 12.5 Å². The highest BCUT2D eigenvalue weighted by Crippen LogP contribution is 2.09. The minimum atomic E-state index is 0.184. The Morgan fingerprint density at radius 3 is 2.77 bits per heavy atom. The van der Waals surface area contributed by atoms with Gasteiger partial charge in [-0.05, 0) is 32.9 Å². The van der Waals surface area contributed by atoms with E-state index in [1.165, 1.54) is 0 Å². The highest BCUT2D eigenvalue weighted by molar-refractivity contribution is 5.76. The standard InChI is InChI=1S/C10H18N2O/c1-11-8-4-7-10(13)12-9-5-2-3-6-9/h2-3,9,11H,4-8H2,1H3,(H,12,13). The molecule has 0 saturated heterocycles. The quantitative estimate of drug-likeness (QED) is 0.488. The summed E-state index contributed by atoms with van der Waals surface area (Å²) in [5.74, 6) is 0.184. The minimum absolute atomic E-state index is 0.184. The van der Waals surface area contributed by atoms with Crippen LogP contribution in [0.2, 0.25) is 0 Å². The molecule has 0 aromatic rings. The third-order valence-corrected chi connectivity index (χ3v) is 2.20. The number of amides is 1. The predicted molar refractivity (Wildman–Crippen MR) is 53.5 cm³/mol. The molecule has 1 rings (SSSR count). The molecule has 0 aliphatic heterocycles. The van der Waals surface area contributed by atoms with E-state index in [9.17, 15) is 4.79 Å². The Morgan fingerprint density at radius 2 is 2.15 bits per heavy atom. The Morgan fingerprint density at radius 1 is 1.46 bits per heavy atom. The molecule has 0 spiro atoms. The fraction of sp³-hybridized carbons (Fsp3) is 0.700. The van der Waals surface area contributed by atoms with Gasteiger partial charge in [0.2, 0.25) is 5.91 Å². The van der Waals surface area contributed by atoms with Gasteiger partial charge in [0.05, 0.1) is 0 Å². The van der Waals surface area contributed by atoms with Gasteiger partial charge in [-0.25, -0.2) is 0 Å². The third-order valence-electron chi connectivity index (χ3n) is 2.20. The monoisotopic (exact) mass is 182 g/mol. The second-order valence-electron chi connectivity index (χ2n) is 3.41. The number of rotatable bonds is 5. The topological polar surface area (TPSA) is 41.1 Å². The molecule has 0 fully saturated rings. The maximum absolute atomic E-state index is 11.3. The summed E-state index contributed by atoms with van der Waals surface area (Å²) in [5, 5.41) is 6.03. The zero-order valence-corrected chi connectivity index (χ0v) is 8.18. The maximum Gasteiger partial charge on any atom is 0.220 e. The van der Waals surface area contributed by atoms with E-state index in [4.69, 9.17) is 0 Å². The highest BCUT2D eigenvalue weighted by atomic mass is 16.1. The Bertz CT molecular complexity index is 181. The van der Waals surface area contributed by atoms with Crippen LogP contribution >= 0.6 is 0 Å². The van der Waals surface area contributed by atoms with Crippen molar-refractivity contribution in [3.8, 4) is 0 Å². The molecule has 0 saturated carbocycles. The summed E-state index contributed by atoms with van der Waals surface area (Å²) in [6.45, 7) is 0.913. The number of carbonyl (C=O) groups excluding carboxylic acids is 1. The first-order chi connectivity index (χ1) is 6.33. The number of hydrogen-bond acceptors (Lipinski definition) is 2. The van der Waals surface area contributed by atoms with Crippen molar-refractivity contribution in [1.29, 1.82) is 0 Å². The van der Waals surface area contributed by atoms with Gasteiger partial charge in [-0.1, -0.05) is 12.2 Å². The smallest absolute Gasteiger partial charge is 0.220 e. The summed E-state index contributed by atoms with van der Waals surface area (Å²) in [7, 11) is 1.90. The SMILES string of the molecule is CNCCCC(=O)NC1CC=CC1. The lowest BCUT2D eigenvalue weighted by molar-refractivity contribution is -0.121. The number of carbonyl (C=O) groups is 1. The molecular formula is C10H18N2O. The van der Waals surface area contributed by atoms with Gasteiger partial charge in [0.15, 0.2) is 0 Å². The highest BCUT2D eigenvalue weighted by Gasteiger charge is 2.12. The Kier molecular flexibility index (Phi) is 4.54. The number of nitrogens with one attached hydrogen (secondary N) is 2. The Labute approximate surface area is 79.6 Å². The number of hydrogen-bond donors (Lipinski definition) is 2. The molecule has 0 unspecified atom stereocenters. The van der Waals surface area contributed by atoms with Crippen LogP contribution in [0.15, 0.2) is 12.2 Å². The van der Waals surface area contributed by atoms with E-state index in [1.54, 1.807) is 0 Å². The van der Waals surface area contributed by atoms with Crippen LogP contribution < -0.4 is 10.6 Å². The van der Waals surface area contributed by atoms with Crippen molar-refractivity contribution < 1.29 is 4.79 Å². The lowest BCUT2D eigenvalue weighted by Crippen LogP contribution is -2.33. The molecule has 3 heteroatoms. The molecule has 2 N–H and O–H groups in total. The summed E-state index contributed by atoms with van der Waals surface area (Å²) in [6.07, 6.45) is 7.80. The van der Waals surface area contributed by atoms with Gasteiger partial charge < -0.3 is 10.6 Å². The third kappa shape index (κ3) is 4.08. The average Bonchev–Trinajstić information content (AvgIpc) is 2.57. The van der Waals surface area contributed by atoms with Crippen molar-refractivity contribution in [3.63, 3.8) is 0 Å². The van der Waals surface area contributed by atoms with Crippen molar-refractivity contribution >= 4 is 5.91 Å². The zero-order valence-electron chi connectivity index (χ0n) is 8.18. The van der Waals surface area contributed by atoms with E-state index < -0.39 is 0 Å². The van der Waals surface area contributed by atoms with E-state index in [2.05, 4.69) is 22.8 Å². The van der Waals surface area contributed by atoms with Gasteiger partial charge in [-0.3, -0.25) is 4.79 Å². The molecule has 13 heavy (non-hydrogen) atoms. The second-order valence-corrected chi connectivity index (χ2v) is 3.41. The first kappa shape index (κ1) is 10.3. The van der Waals surface area contributed by atoms with Crippen LogP contribution in [-0.2, 0) is 4.79 Å². The molecular weight excluding hydrogens is 164 g/mol. The van der Waals surface area contributed by atoms with Crippen LogP contribution in [0.1, 0.15) is 25.7 Å². The van der Waals surface area contributed by atoms with Crippen LogP contribution in [0.3, 0.4) is 0 Å². The van der Waals surface area contributed by atoms with Crippen molar-refractivity contribution in [1.82, 2.24) is 10.6 Å². The van der Waals surface area contributed by atoms with E-state index in [1.807, 2.05) is 7.05 Å². The van der Waals surface area contributed by atoms with Gasteiger partial charge in [0.25, 0.3) is 0 Å². The second kappa shape index (κ2) is 5.75. The van der Waals surface area contributed by atoms with Crippen LogP contribution in [0, 0.1) is 0 Å². The summed E-state index contributed by atoms with van der Waals surface area (Å²) in [4.78, 5) is 11.3. The zero-order chi connectivity index (χ0) is 9.52. The van der Waals surface area contributed by atoms with Crippen LogP contribution in [-0.4, -0.2) is 25.5 Å². The molecule has 0 bridgehead atoms. The van der Waals surface area contributed by atoms with Crippen LogP contribution in [0.4, 0.5) is 0 Å². The van der Waals surface area contributed by atoms with Gasteiger partial charge >= 0.3 is 0 Å². The Hall–Kier alpha value is -0.830. The van der Waals surface area contributed by atoms with Crippen LogP contribution in [0.25, 0.3) is 0 Å². The molecule has 0 radical (unpaired) electrons. The van der Waals surface area contributed by atoms with Crippen molar-refractivity contribution in [2.75, 3.05) is 13.6 Å². The first-order valence-corrected chi connectivity index (χ1v) is 4.92. The van der Waals surface area contributed by atoms with Gasteiger partial charge in [-0.15, -0.1) is 0 Å².